The Morgan fingerprint density at radius 2 is 1.69 bits per heavy atom. The number of carboxylic acids is 1. The van der Waals surface area contributed by atoms with E-state index in [4.69, 9.17) is 5.11 Å². The Kier molecular flexibility index (Phi) is 2.74. The monoisotopic (exact) mass is 184 g/mol. The van der Waals surface area contributed by atoms with Crippen LogP contribution in [0.3, 0.4) is 0 Å². The second kappa shape index (κ2) is 3.80. The topological polar surface area (TPSA) is 37.3 Å². The molecule has 1 aromatic rings. The molecule has 0 bridgehead atoms. The largest absolute Gasteiger partial charge is 0.477 e. The van der Waals surface area contributed by atoms with Gasteiger partial charge in [-0.3, -0.25) is 0 Å². The van der Waals surface area contributed by atoms with Gasteiger partial charge >= 0.3 is 5.97 Å². The molecule has 0 aliphatic rings. The third kappa shape index (κ3) is 2.11. The van der Waals surface area contributed by atoms with Crippen LogP contribution in [0.15, 0.2) is 36.4 Å². The fraction of sp³-hybridized carbons (Fsp3) is 0. The molecule has 1 aromatic carbocycles. The lowest BCUT2D eigenvalue weighted by Crippen LogP contribution is -2.00. The van der Waals surface area contributed by atoms with Gasteiger partial charge in [0.05, 0.1) is 0 Å². The normalized spacial score (nSPS) is 9.38. The van der Waals surface area contributed by atoms with E-state index in [0.717, 1.165) is 0 Å². The van der Waals surface area contributed by atoms with E-state index in [1.165, 1.54) is 24.3 Å². The number of rotatable bonds is 2. The number of hydrogen-bond acceptors (Lipinski definition) is 1. The molecule has 0 aliphatic carbocycles. The molecule has 0 aromatic heterocycles. The summed E-state index contributed by atoms with van der Waals surface area (Å²) in [5, 5.41) is 8.46. The van der Waals surface area contributed by atoms with Gasteiger partial charge in [0.2, 0.25) is 0 Å². The first kappa shape index (κ1) is 9.38. The second-order valence-electron chi connectivity index (χ2n) is 2.31. The van der Waals surface area contributed by atoms with Gasteiger partial charge in [0, 0.05) is 0 Å². The Hall–Kier alpha value is -1.71. The lowest BCUT2D eigenvalue weighted by atomic mass is 10.1. The minimum absolute atomic E-state index is 0.00926. The number of carbonyl (C=O) groups is 1. The van der Waals surface area contributed by atoms with E-state index < -0.39 is 17.6 Å². The Morgan fingerprint density at radius 1 is 1.15 bits per heavy atom. The number of benzene rings is 1. The Morgan fingerprint density at radius 3 is 2.08 bits per heavy atom. The first-order chi connectivity index (χ1) is 6.13. The highest BCUT2D eigenvalue weighted by Gasteiger charge is 2.16. The lowest BCUT2D eigenvalue weighted by Gasteiger charge is -1.99. The third-order valence-electron chi connectivity index (χ3n) is 1.47. The van der Waals surface area contributed by atoms with E-state index in [2.05, 4.69) is 0 Å². The summed E-state index contributed by atoms with van der Waals surface area (Å²) in [5.74, 6) is -1.62. The van der Waals surface area contributed by atoms with Gasteiger partial charge in [0.1, 0.15) is 5.57 Å². The molecule has 0 spiro atoms. The van der Waals surface area contributed by atoms with Gasteiger partial charge < -0.3 is 5.11 Å². The summed E-state index contributed by atoms with van der Waals surface area (Å²) < 4.78 is 24.3. The van der Waals surface area contributed by atoms with Crippen LogP contribution >= 0.6 is 0 Å². The van der Waals surface area contributed by atoms with Crippen molar-refractivity contribution in [2.24, 2.45) is 0 Å². The molecule has 1 rings (SSSR count). The molecule has 1 N–H and O–H groups in total. The van der Waals surface area contributed by atoms with E-state index in [1.54, 1.807) is 6.07 Å². The zero-order valence-corrected chi connectivity index (χ0v) is 6.50. The molecular formula is C9H6F2O2. The molecule has 68 valence electrons. The predicted octanol–water partition coefficient (Wildman–Crippen LogP) is 2.38. The average molecular weight is 184 g/mol. The van der Waals surface area contributed by atoms with Crippen LogP contribution in [0.5, 0.6) is 0 Å². The second-order valence-corrected chi connectivity index (χ2v) is 2.31. The summed E-state index contributed by atoms with van der Waals surface area (Å²) in [6, 6.07) is 7.27. The summed E-state index contributed by atoms with van der Waals surface area (Å²) in [4.78, 5) is 10.4. The molecule has 2 nitrogen and oxygen atoms in total. The van der Waals surface area contributed by atoms with Crippen molar-refractivity contribution in [3.8, 4) is 0 Å². The summed E-state index contributed by atoms with van der Waals surface area (Å²) >= 11 is 0. The lowest BCUT2D eigenvalue weighted by molar-refractivity contribution is -0.130. The highest BCUT2D eigenvalue weighted by molar-refractivity contribution is 6.15. The third-order valence-corrected chi connectivity index (χ3v) is 1.47. The van der Waals surface area contributed by atoms with E-state index >= 15 is 0 Å². The summed E-state index contributed by atoms with van der Waals surface area (Å²) in [6.45, 7) is 0. The minimum atomic E-state index is -2.18. The maximum atomic E-state index is 12.1. The number of carboxylic acid groups (broad SMARTS) is 1. The number of aliphatic carboxylic acids is 1. The molecule has 4 heteroatoms. The minimum Gasteiger partial charge on any atom is -0.477 e. The Labute approximate surface area is 73.1 Å². The zero-order chi connectivity index (χ0) is 9.84. The van der Waals surface area contributed by atoms with Gasteiger partial charge in [-0.15, -0.1) is 0 Å². The predicted molar refractivity (Wildman–Crippen MR) is 43.2 cm³/mol. The van der Waals surface area contributed by atoms with Crippen molar-refractivity contribution in [1.82, 2.24) is 0 Å². The Bertz CT molecular complexity index is 340. The highest BCUT2D eigenvalue weighted by atomic mass is 19.3. The molecule has 0 unspecified atom stereocenters. The molecule has 13 heavy (non-hydrogen) atoms. The summed E-state index contributed by atoms with van der Waals surface area (Å²) in [6.07, 6.45) is -2.18. The quantitative estimate of drug-likeness (QED) is 0.716. The van der Waals surface area contributed by atoms with Crippen molar-refractivity contribution in [3.05, 3.63) is 42.0 Å². The first-order valence-electron chi connectivity index (χ1n) is 3.47. The van der Waals surface area contributed by atoms with Gasteiger partial charge in [-0.05, 0) is 5.56 Å². The summed E-state index contributed by atoms with van der Waals surface area (Å²) in [7, 11) is 0. The van der Waals surface area contributed by atoms with Crippen LogP contribution < -0.4 is 0 Å². The number of hydrogen-bond donors (Lipinski definition) is 1. The van der Waals surface area contributed by atoms with Gasteiger partial charge in [-0.2, -0.15) is 8.78 Å². The smallest absolute Gasteiger partial charge is 0.341 e. The van der Waals surface area contributed by atoms with Crippen LogP contribution in [0.4, 0.5) is 8.78 Å². The SMILES string of the molecule is O=C(O)C(=C(F)F)c1ccccc1. The van der Waals surface area contributed by atoms with Crippen LogP contribution in [0.1, 0.15) is 5.56 Å². The molecule has 0 fully saturated rings. The van der Waals surface area contributed by atoms with Crippen LogP contribution in [0, 0.1) is 0 Å². The number of halogens is 2. The zero-order valence-electron chi connectivity index (χ0n) is 6.50. The van der Waals surface area contributed by atoms with Crippen molar-refractivity contribution >= 4 is 11.5 Å². The fourth-order valence-electron chi connectivity index (χ4n) is 0.918. The molecule has 0 saturated heterocycles. The molecule has 0 saturated carbocycles. The standard InChI is InChI=1S/C9H6F2O2/c10-8(11)7(9(12)13)6-4-2-1-3-5-6/h1-5H,(H,12,13). The van der Waals surface area contributed by atoms with E-state index in [-0.39, 0.29) is 5.56 Å². The van der Waals surface area contributed by atoms with Gasteiger partial charge in [-0.25, -0.2) is 4.79 Å². The first-order valence-corrected chi connectivity index (χ1v) is 3.47. The van der Waals surface area contributed by atoms with Gasteiger partial charge in [0.15, 0.2) is 0 Å². The van der Waals surface area contributed by atoms with E-state index in [1.807, 2.05) is 0 Å². The van der Waals surface area contributed by atoms with Crippen LogP contribution in [0.2, 0.25) is 0 Å². The van der Waals surface area contributed by atoms with E-state index in [9.17, 15) is 13.6 Å². The molecule has 0 atom stereocenters. The van der Waals surface area contributed by atoms with Crippen LogP contribution in [0.25, 0.3) is 5.57 Å². The van der Waals surface area contributed by atoms with Gasteiger partial charge in [-0.1, -0.05) is 30.3 Å². The van der Waals surface area contributed by atoms with Crippen molar-refractivity contribution < 1.29 is 18.7 Å². The summed E-state index contributed by atoms with van der Waals surface area (Å²) in [5.41, 5.74) is -0.935. The molecule has 0 radical (unpaired) electrons. The van der Waals surface area contributed by atoms with E-state index in [0.29, 0.717) is 0 Å². The maximum absolute atomic E-state index is 12.1. The van der Waals surface area contributed by atoms with Crippen LogP contribution in [-0.2, 0) is 4.79 Å². The van der Waals surface area contributed by atoms with Crippen molar-refractivity contribution in [2.45, 2.75) is 0 Å². The van der Waals surface area contributed by atoms with Crippen LogP contribution in [-0.4, -0.2) is 11.1 Å². The van der Waals surface area contributed by atoms with Gasteiger partial charge in [0.25, 0.3) is 6.08 Å². The van der Waals surface area contributed by atoms with Crippen molar-refractivity contribution in [2.75, 3.05) is 0 Å². The average Bonchev–Trinajstić information content (AvgIpc) is 2.04. The maximum Gasteiger partial charge on any atom is 0.341 e. The molecule has 0 amide bonds. The highest BCUT2D eigenvalue weighted by Crippen LogP contribution is 2.20. The fourth-order valence-corrected chi connectivity index (χ4v) is 0.918. The molecule has 0 heterocycles. The van der Waals surface area contributed by atoms with Crippen molar-refractivity contribution in [3.63, 3.8) is 0 Å². The van der Waals surface area contributed by atoms with Crippen molar-refractivity contribution in [1.29, 1.82) is 0 Å². The molecule has 0 aliphatic heterocycles. The Balaban J connectivity index is 3.20. The molecular weight excluding hydrogens is 178 g/mol.